The van der Waals surface area contributed by atoms with E-state index in [4.69, 9.17) is 9.47 Å². The van der Waals surface area contributed by atoms with Crippen molar-refractivity contribution < 1.29 is 22.7 Å². The van der Waals surface area contributed by atoms with Crippen molar-refractivity contribution in [3.63, 3.8) is 0 Å². The minimum Gasteiger partial charge on any atom is -0.492 e. The molecule has 1 amide bonds. The summed E-state index contributed by atoms with van der Waals surface area (Å²) in [5.74, 6) is -0.0265. The zero-order valence-electron chi connectivity index (χ0n) is 15.7. The quantitative estimate of drug-likeness (QED) is 0.728. The van der Waals surface area contributed by atoms with Crippen LogP contribution >= 0.6 is 0 Å². The summed E-state index contributed by atoms with van der Waals surface area (Å²) in [6.45, 7) is 3.48. The van der Waals surface area contributed by atoms with Gasteiger partial charge in [0, 0.05) is 26.9 Å². The summed E-state index contributed by atoms with van der Waals surface area (Å²) < 4.78 is 37.2. The van der Waals surface area contributed by atoms with E-state index in [1.165, 1.54) is 27.3 Å². The van der Waals surface area contributed by atoms with Crippen LogP contribution in [0.4, 0.5) is 5.69 Å². The van der Waals surface area contributed by atoms with Crippen molar-refractivity contribution in [2.24, 2.45) is 0 Å². The second-order valence-corrected chi connectivity index (χ2v) is 8.40. The first-order valence-electron chi connectivity index (χ1n) is 8.53. The van der Waals surface area contributed by atoms with E-state index in [1.54, 1.807) is 19.1 Å². The third-order valence-corrected chi connectivity index (χ3v) is 6.31. The maximum atomic E-state index is 12.8. The standard InChI is InChI=1S/C17H27N3O5S/c1-5-25-14-7-6-13(12-15(14)26(22,23)20(2)3)19-16(21)17(24-4)8-10-18-11-9-17/h6-7,12,18H,5,8-11H2,1-4H3,(H,19,21). The minimum atomic E-state index is -3.72. The molecule has 0 spiro atoms. The van der Waals surface area contributed by atoms with Crippen molar-refractivity contribution in [1.29, 1.82) is 0 Å². The van der Waals surface area contributed by atoms with E-state index >= 15 is 0 Å². The lowest BCUT2D eigenvalue weighted by Crippen LogP contribution is -2.51. The molecule has 0 saturated carbocycles. The van der Waals surface area contributed by atoms with Gasteiger partial charge in [-0.25, -0.2) is 12.7 Å². The Labute approximate surface area is 154 Å². The summed E-state index contributed by atoms with van der Waals surface area (Å²) in [5, 5.41) is 5.99. The monoisotopic (exact) mass is 385 g/mol. The summed E-state index contributed by atoms with van der Waals surface area (Å²) in [4.78, 5) is 12.8. The molecule has 2 N–H and O–H groups in total. The predicted octanol–water partition coefficient (Wildman–Crippen LogP) is 1.04. The first kappa shape index (κ1) is 20.6. The third kappa shape index (κ3) is 4.17. The van der Waals surface area contributed by atoms with Gasteiger partial charge in [0.1, 0.15) is 16.2 Å². The lowest BCUT2D eigenvalue weighted by Gasteiger charge is -2.34. The molecule has 1 aromatic rings. The molecule has 0 atom stereocenters. The highest BCUT2D eigenvalue weighted by Crippen LogP contribution is 2.30. The molecule has 9 heteroatoms. The van der Waals surface area contributed by atoms with Gasteiger partial charge in [-0.2, -0.15) is 0 Å². The second kappa shape index (κ2) is 8.34. The maximum absolute atomic E-state index is 12.8. The van der Waals surface area contributed by atoms with Crippen molar-refractivity contribution in [3.05, 3.63) is 18.2 Å². The molecular formula is C17H27N3O5S. The number of nitrogens with zero attached hydrogens (tertiary/aromatic N) is 1. The van der Waals surface area contributed by atoms with Crippen LogP contribution < -0.4 is 15.4 Å². The molecule has 0 aromatic heterocycles. The Morgan fingerprint density at radius 2 is 1.96 bits per heavy atom. The van der Waals surface area contributed by atoms with Gasteiger partial charge in [-0.1, -0.05) is 0 Å². The summed E-state index contributed by atoms with van der Waals surface area (Å²) in [5.41, 5.74) is -0.529. The number of carbonyl (C=O) groups excluding carboxylic acids is 1. The van der Waals surface area contributed by atoms with E-state index in [1.807, 2.05) is 0 Å². The smallest absolute Gasteiger partial charge is 0.256 e. The molecule has 1 fully saturated rings. The van der Waals surface area contributed by atoms with E-state index in [0.717, 1.165) is 4.31 Å². The molecule has 0 bridgehead atoms. The number of anilines is 1. The van der Waals surface area contributed by atoms with Gasteiger partial charge in [-0.15, -0.1) is 0 Å². The number of sulfonamides is 1. The van der Waals surface area contributed by atoms with Crippen molar-refractivity contribution in [3.8, 4) is 5.75 Å². The molecule has 0 radical (unpaired) electrons. The average molecular weight is 385 g/mol. The minimum absolute atomic E-state index is 0.0129. The number of hydrogen-bond donors (Lipinski definition) is 2. The zero-order valence-corrected chi connectivity index (χ0v) is 16.5. The number of nitrogens with one attached hydrogen (secondary N) is 2. The molecule has 1 aliphatic rings. The summed E-state index contributed by atoms with van der Waals surface area (Å²) in [6, 6.07) is 4.60. The fraction of sp³-hybridized carbons (Fsp3) is 0.588. The number of piperidine rings is 1. The Hall–Kier alpha value is -1.68. The lowest BCUT2D eigenvalue weighted by atomic mass is 9.91. The van der Waals surface area contributed by atoms with E-state index in [0.29, 0.717) is 38.2 Å². The van der Waals surface area contributed by atoms with Crippen molar-refractivity contribution in [2.75, 3.05) is 46.2 Å². The Bertz CT molecular complexity index is 743. The molecule has 146 valence electrons. The van der Waals surface area contributed by atoms with Gasteiger partial charge in [-0.3, -0.25) is 4.79 Å². The molecule has 1 aromatic carbocycles. The first-order valence-corrected chi connectivity index (χ1v) is 9.97. The van der Waals surface area contributed by atoms with Crippen LogP contribution in [0.25, 0.3) is 0 Å². The first-order chi connectivity index (χ1) is 12.3. The Kier molecular flexibility index (Phi) is 6.62. The highest BCUT2D eigenvalue weighted by atomic mass is 32.2. The lowest BCUT2D eigenvalue weighted by molar-refractivity contribution is -0.140. The van der Waals surface area contributed by atoms with Gasteiger partial charge in [0.25, 0.3) is 5.91 Å². The number of rotatable bonds is 7. The van der Waals surface area contributed by atoms with E-state index in [-0.39, 0.29) is 16.6 Å². The van der Waals surface area contributed by atoms with Crippen LogP contribution in [0.3, 0.4) is 0 Å². The van der Waals surface area contributed by atoms with Crippen molar-refractivity contribution >= 4 is 21.6 Å². The van der Waals surface area contributed by atoms with Gasteiger partial charge in [0.15, 0.2) is 0 Å². The Morgan fingerprint density at radius 3 is 2.50 bits per heavy atom. The van der Waals surface area contributed by atoms with Crippen LogP contribution in [0.5, 0.6) is 5.75 Å². The Balaban J connectivity index is 2.34. The molecule has 26 heavy (non-hydrogen) atoms. The van der Waals surface area contributed by atoms with Crippen LogP contribution in [-0.2, 0) is 19.6 Å². The molecule has 0 aliphatic carbocycles. The summed E-state index contributed by atoms with van der Waals surface area (Å²) >= 11 is 0. The van der Waals surface area contributed by atoms with Crippen LogP contribution in [-0.4, -0.2) is 65.1 Å². The number of hydrogen-bond acceptors (Lipinski definition) is 6. The van der Waals surface area contributed by atoms with Gasteiger partial charge in [0.2, 0.25) is 10.0 Å². The number of carbonyl (C=O) groups is 1. The molecule has 2 rings (SSSR count). The molecule has 1 heterocycles. The molecular weight excluding hydrogens is 358 g/mol. The van der Waals surface area contributed by atoms with Gasteiger partial charge in [-0.05, 0) is 51.1 Å². The maximum Gasteiger partial charge on any atom is 0.256 e. The highest BCUT2D eigenvalue weighted by molar-refractivity contribution is 7.89. The SMILES string of the molecule is CCOc1ccc(NC(=O)C2(OC)CCNCC2)cc1S(=O)(=O)N(C)C. The predicted molar refractivity (Wildman–Crippen MR) is 99.0 cm³/mol. The van der Waals surface area contributed by atoms with Crippen LogP contribution in [0.15, 0.2) is 23.1 Å². The summed E-state index contributed by atoms with van der Waals surface area (Å²) in [7, 11) is 0.700. The van der Waals surface area contributed by atoms with Crippen LogP contribution in [0.2, 0.25) is 0 Å². The van der Waals surface area contributed by atoms with E-state index in [9.17, 15) is 13.2 Å². The number of benzene rings is 1. The molecule has 1 saturated heterocycles. The summed E-state index contributed by atoms with van der Waals surface area (Å²) in [6.07, 6.45) is 1.10. The number of ether oxygens (including phenoxy) is 2. The third-order valence-electron chi connectivity index (χ3n) is 4.48. The fourth-order valence-corrected chi connectivity index (χ4v) is 3.91. The largest absolute Gasteiger partial charge is 0.492 e. The fourth-order valence-electron chi connectivity index (χ4n) is 2.86. The zero-order chi connectivity index (χ0) is 19.4. The number of methoxy groups -OCH3 is 1. The normalized spacial score (nSPS) is 17.1. The van der Waals surface area contributed by atoms with Crippen LogP contribution in [0, 0.1) is 0 Å². The van der Waals surface area contributed by atoms with Gasteiger partial charge < -0.3 is 20.1 Å². The average Bonchev–Trinajstić information content (AvgIpc) is 2.63. The molecule has 8 nitrogen and oxygen atoms in total. The number of amides is 1. The van der Waals surface area contributed by atoms with Crippen LogP contribution in [0.1, 0.15) is 19.8 Å². The van der Waals surface area contributed by atoms with Gasteiger partial charge in [0.05, 0.1) is 6.61 Å². The molecule has 0 unspecified atom stereocenters. The highest BCUT2D eigenvalue weighted by Gasteiger charge is 2.39. The molecule has 1 aliphatic heterocycles. The van der Waals surface area contributed by atoms with E-state index in [2.05, 4.69) is 10.6 Å². The Morgan fingerprint density at radius 1 is 1.31 bits per heavy atom. The second-order valence-electron chi connectivity index (χ2n) is 6.28. The van der Waals surface area contributed by atoms with Crippen molar-refractivity contribution in [2.45, 2.75) is 30.3 Å². The van der Waals surface area contributed by atoms with Crippen molar-refractivity contribution in [1.82, 2.24) is 9.62 Å². The van der Waals surface area contributed by atoms with E-state index < -0.39 is 15.6 Å². The topological polar surface area (TPSA) is 97.0 Å². The van der Waals surface area contributed by atoms with Gasteiger partial charge >= 0.3 is 0 Å².